The van der Waals surface area contributed by atoms with Crippen LogP contribution in [0, 0.1) is 36.0 Å². The zero-order valence-corrected chi connectivity index (χ0v) is 35.2. The molecule has 1 saturated carbocycles. The van der Waals surface area contributed by atoms with Crippen molar-refractivity contribution in [1.29, 1.82) is 0 Å². The lowest BCUT2D eigenvalue weighted by Crippen LogP contribution is -2.49. The Morgan fingerprint density at radius 2 is 1.63 bits per heavy atom. The number of aromatic hydroxyl groups is 1. The molecule has 3 aliphatic heterocycles. The van der Waals surface area contributed by atoms with Gasteiger partial charge in [0.25, 0.3) is 0 Å². The molecular formula is C46H43Cl2N5O5S. The van der Waals surface area contributed by atoms with Gasteiger partial charge < -0.3 is 5.11 Å². The number of carbonyl (C=O) groups excluding carboxylic acids is 4. The number of phenols is 1. The van der Waals surface area contributed by atoms with Crippen molar-refractivity contribution in [3.8, 4) is 16.3 Å². The lowest BCUT2D eigenvalue weighted by molar-refractivity contribution is -0.144. The molecule has 13 heteroatoms. The minimum Gasteiger partial charge on any atom is -0.508 e. The molecule has 5 heterocycles. The van der Waals surface area contributed by atoms with Crippen molar-refractivity contribution in [3.63, 3.8) is 0 Å². The molecule has 10 rings (SSSR count). The van der Waals surface area contributed by atoms with Crippen molar-refractivity contribution in [2.45, 2.75) is 58.0 Å². The highest BCUT2D eigenvalue weighted by atomic mass is 35.5. The minimum atomic E-state index is -1.35. The van der Waals surface area contributed by atoms with Crippen LogP contribution in [0.2, 0.25) is 10.0 Å². The summed E-state index contributed by atoms with van der Waals surface area (Å²) in [6, 6.07) is 22.4. The fraction of sp³-hybridized carbons (Fsp3) is 0.370. The third-order valence-electron chi connectivity index (χ3n) is 14.0. The van der Waals surface area contributed by atoms with Gasteiger partial charge in [0.05, 0.1) is 28.0 Å². The van der Waals surface area contributed by atoms with Gasteiger partial charge in [0.15, 0.2) is 0 Å². The van der Waals surface area contributed by atoms with Gasteiger partial charge in [-0.15, -0.1) is 11.3 Å². The third kappa shape index (κ3) is 5.86. The number of carbonyl (C=O) groups is 4. The zero-order chi connectivity index (χ0) is 41.1. The van der Waals surface area contributed by atoms with E-state index in [0.717, 1.165) is 45.7 Å². The van der Waals surface area contributed by atoms with Crippen LogP contribution in [-0.2, 0) is 32.8 Å². The minimum absolute atomic E-state index is 0.0531. The first-order valence-corrected chi connectivity index (χ1v) is 21.8. The number of aryl methyl sites for hydroxylation is 2. The van der Waals surface area contributed by atoms with Gasteiger partial charge in [-0.1, -0.05) is 65.2 Å². The van der Waals surface area contributed by atoms with Crippen LogP contribution < -0.4 is 4.90 Å². The summed E-state index contributed by atoms with van der Waals surface area (Å²) in [4.78, 5) is 65.3. The molecule has 2 aliphatic carbocycles. The Morgan fingerprint density at radius 3 is 2.39 bits per heavy atom. The normalized spacial score (nSPS) is 27.4. The van der Waals surface area contributed by atoms with E-state index in [-0.39, 0.29) is 35.9 Å². The highest BCUT2D eigenvalue weighted by molar-refractivity contribution is 7.22. The van der Waals surface area contributed by atoms with E-state index in [0.29, 0.717) is 46.4 Å². The molecule has 4 fully saturated rings. The second-order valence-corrected chi connectivity index (χ2v) is 19.0. The Labute approximate surface area is 356 Å². The molecule has 0 unspecified atom stereocenters. The lowest BCUT2D eigenvalue weighted by atomic mass is 9.51. The molecule has 302 valence electrons. The number of anilines is 1. The maximum absolute atomic E-state index is 15.2. The highest BCUT2D eigenvalue weighted by Crippen LogP contribution is 2.64. The number of rotatable bonds is 6. The topological polar surface area (TPSA) is 116 Å². The predicted octanol–water partition coefficient (Wildman–Crippen LogP) is 8.52. The number of amides is 4. The Kier molecular flexibility index (Phi) is 9.21. The maximum Gasteiger partial charge on any atom is 0.242 e. The zero-order valence-electron chi connectivity index (χ0n) is 32.9. The number of nitrogens with zero attached hydrogens (tertiary/aromatic N) is 5. The van der Waals surface area contributed by atoms with Crippen LogP contribution in [-0.4, -0.2) is 67.4 Å². The second kappa shape index (κ2) is 14.1. The number of phenolic OH excluding ortho intramolecular Hbond substituents is 1. The number of allylic oxidation sites excluding steroid dienone is 2. The summed E-state index contributed by atoms with van der Waals surface area (Å²) < 4.78 is 2.62. The van der Waals surface area contributed by atoms with Gasteiger partial charge in [0, 0.05) is 65.0 Å². The van der Waals surface area contributed by atoms with Gasteiger partial charge in [0.2, 0.25) is 23.6 Å². The van der Waals surface area contributed by atoms with E-state index in [2.05, 4.69) is 17.0 Å². The Bertz CT molecular complexity index is 2630. The van der Waals surface area contributed by atoms with Crippen LogP contribution in [0.1, 0.15) is 55.2 Å². The van der Waals surface area contributed by atoms with Gasteiger partial charge in [-0.3, -0.25) is 33.7 Å². The number of benzene rings is 3. The van der Waals surface area contributed by atoms with E-state index >= 15 is 4.79 Å². The Hall–Kier alpha value is -4.81. The van der Waals surface area contributed by atoms with Crippen molar-refractivity contribution < 1.29 is 24.3 Å². The van der Waals surface area contributed by atoms with Gasteiger partial charge >= 0.3 is 0 Å². The van der Waals surface area contributed by atoms with Crippen LogP contribution in [0.3, 0.4) is 0 Å². The quantitative estimate of drug-likeness (QED) is 0.135. The standard InChI is InChI=1S/C46H43Cl2N5O5S/c1-24-31-19-27(48)10-14-37(31)59-41(24)35-22-38(50(3)49-35)53-43(56)34-21-32-29(40(46(34,2)45(53)58)33-20-26(47)9-13-36(33)54)11-12-30-39(32)44(57)52(42(30)55)28-15-17-51(18-16-28)23-25-7-5-4-6-8-25/h4-11,13-14,19-20,22,28,30,32,34,39-40,54H,12,15-18,21,23H2,1-3H3/t30-,32+,34-,39-,40+,46+/m0/s1. The Morgan fingerprint density at radius 1 is 0.898 bits per heavy atom. The number of fused-ring (bicyclic) bond motifs is 5. The summed E-state index contributed by atoms with van der Waals surface area (Å²) in [6.07, 6.45) is 3.94. The van der Waals surface area contributed by atoms with Crippen molar-refractivity contribution in [2.24, 2.45) is 36.1 Å². The number of piperidine rings is 1. The molecule has 4 amide bonds. The number of halogens is 2. The number of aromatic nitrogens is 2. The lowest BCUT2D eigenvalue weighted by Gasteiger charge is -2.49. The molecule has 0 radical (unpaired) electrons. The summed E-state index contributed by atoms with van der Waals surface area (Å²) >= 11 is 14.5. The molecule has 3 saturated heterocycles. The number of hydrogen-bond donors (Lipinski definition) is 1. The average Bonchev–Trinajstić information content (AvgIpc) is 3.89. The van der Waals surface area contributed by atoms with E-state index in [9.17, 15) is 19.5 Å². The van der Waals surface area contributed by atoms with Crippen LogP contribution in [0.25, 0.3) is 20.7 Å². The fourth-order valence-electron chi connectivity index (χ4n) is 11.1. The molecule has 0 spiro atoms. The van der Waals surface area contributed by atoms with Gasteiger partial charge in [-0.05, 0) is 98.4 Å². The first-order chi connectivity index (χ1) is 28.3. The van der Waals surface area contributed by atoms with Crippen LogP contribution >= 0.6 is 34.5 Å². The van der Waals surface area contributed by atoms with Crippen LogP contribution in [0.15, 0.2) is 84.4 Å². The largest absolute Gasteiger partial charge is 0.508 e. The number of likely N-dealkylation sites (tertiary alicyclic amines) is 2. The molecule has 2 aromatic heterocycles. The number of imide groups is 2. The smallest absolute Gasteiger partial charge is 0.242 e. The van der Waals surface area contributed by atoms with Crippen molar-refractivity contribution in [1.82, 2.24) is 19.6 Å². The van der Waals surface area contributed by atoms with Crippen molar-refractivity contribution in [3.05, 3.63) is 111 Å². The van der Waals surface area contributed by atoms with E-state index in [1.807, 2.05) is 49.4 Å². The Balaban J connectivity index is 0.997. The van der Waals surface area contributed by atoms with E-state index in [1.54, 1.807) is 53.1 Å². The predicted molar refractivity (Wildman–Crippen MR) is 228 cm³/mol. The molecule has 5 aliphatic rings. The average molecular weight is 849 g/mol. The summed E-state index contributed by atoms with van der Waals surface area (Å²) in [7, 11) is 1.72. The molecular weight excluding hydrogens is 806 g/mol. The van der Waals surface area contributed by atoms with E-state index in [4.69, 9.17) is 28.3 Å². The fourth-order valence-corrected chi connectivity index (χ4v) is 12.6. The first kappa shape index (κ1) is 38.4. The van der Waals surface area contributed by atoms with E-state index < -0.39 is 40.9 Å². The molecule has 10 nitrogen and oxygen atoms in total. The van der Waals surface area contributed by atoms with Crippen LogP contribution in [0.5, 0.6) is 5.75 Å². The monoisotopic (exact) mass is 847 g/mol. The van der Waals surface area contributed by atoms with Crippen molar-refractivity contribution >= 4 is 74.1 Å². The molecule has 3 aromatic carbocycles. The highest BCUT2D eigenvalue weighted by Gasteiger charge is 2.68. The van der Waals surface area contributed by atoms with Gasteiger partial charge in [-0.25, -0.2) is 4.90 Å². The SMILES string of the molecule is Cc1c(-c2cc(N3C(=O)[C@@H]4C[C@@H]5C(=CC[C@@H]6C(=O)N(C7CCN(Cc8ccccc8)CC7)C(=O)[C@@H]65)[C@H](c5cc(Cl)ccc5O)[C@]4(C)C3=O)n(C)n2)sc2ccc(Cl)cc12. The number of thiophene rings is 1. The molecule has 5 aromatic rings. The third-order valence-corrected chi connectivity index (χ3v) is 15.8. The second-order valence-electron chi connectivity index (χ2n) is 17.1. The molecule has 59 heavy (non-hydrogen) atoms. The maximum atomic E-state index is 15.2. The summed E-state index contributed by atoms with van der Waals surface area (Å²) in [5.74, 6) is -4.24. The summed E-state index contributed by atoms with van der Waals surface area (Å²) in [6.45, 7) is 6.18. The molecule has 6 atom stereocenters. The summed E-state index contributed by atoms with van der Waals surface area (Å²) in [5.41, 5.74) is 2.74. The van der Waals surface area contributed by atoms with Crippen LogP contribution in [0.4, 0.5) is 5.82 Å². The van der Waals surface area contributed by atoms with Gasteiger partial charge in [0.1, 0.15) is 17.3 Å². The van der Waals surface area contributed by atoms with Gasteiger partial charge in [-0.2, -0.15) is 5.10 Å². The molecule has 0 bridgehead atoms. The molecule has 1 N–H and O–H groups in total. The van der Waals surface area contributed by atoms with Crippen molar-refractivity contribution in [2.75, 3.05) is 18.0 Å². The summed E-state index contributed by atoms with van der Waals surface area (Å²) in [5, 5.41) is 18.3. The van der Waals surface area contributed by atoms with E-state index in [1.165, 1.54) is 16.5 Å². The first-order valence-electron chi connectivity index (χ1n) is 20.3. The number of hydrogen-bond acceptors (Lipinski definition) is 8.